The molecular weight excluding hydrogens is 266 g/mol. The molecule has 1 N–H and O–H groups in total. The van der Waals surface area contributed by atoms with Crippen LogP contribution in [0, 0.1) is 5.92 Å². The number of methoxy groups -OCH3 is 1. The number of hydrogen-bond acceptors (Lipinski definition) is 4. The van der Waals surface area contributed by atoms with Gasteiger partial charge in [0.15, 0.2) is 0 Å². The van der Waals surface area contributed by atoms with Crippen molar-refractivity contribution in [1.82, 2.24) is 10.3 Å². The summed E-state index contributed by atoms with van der Waals surface area (Å²) in [7, 11) is 1.63. The fraction of sp³-hybridized carbons (Fsp3) is 0.625. The average molecular weight is 289 g/mol. The summed E-state index contributed by atoms with van der Waals surface area (Å²) in [6.07, 6.45) is 5.36. The fourth-order valence-corrected chi connectivity index (χ4v) is 2.94. The maximum atomic E-state index is 12.2. The van der Waals surface area contributed by atoms with E-state index in [1.54, 1.807) is 7.11 Å². The zero-order chi connectivity index (χ0) is 14.7. The van der Waals surface area contributed by atoms with E-state index in [-0.39, 0.29) is 11.8 Å². The van der Waals surface area contributed by atoms with Crippen LogP contribution < -0.4 is 15.0 Å². The number of nitrogens with zero attached hydrogens (tertiary/aromatic N) is 2. The maximum absolute atomic E-state index is 12.2. The highest BCUT2D eigenvalue weighted by atomic mass is 16.5. The number of carbonyl (C=O) groups is 1. The van der Waals surface area contributed by atoms with Crippen LogP contribution in [0.25, 0.3) is 0 Å². The second-order valence-corrected chi connectivity index (χ2v) is 5.94. The third-order valence-electron chi connectivity index (χ3n) is 4.56. The van der Waals surface area contributed by atoms with Crippen molar-refractivity contribution in [1.29, 1.82) is 0 Å². The van der Waals surface area contributed by atoms with Gasteiger partial charge in [0.2, 0.25) is 11.8 Å². The molecule has 0 unspecified atom stereocenters. The Morgan fingerprint density at radius 1 is 1.29 bits per heavy atom. The lowest BCUT2D eigenvalue weighted by Gasteiger charge is -2.34. The predicted molar refractivity (Wildman–Crippen MR) is 81.5 cm³/mol. The van der Waals surface area contributed by atoms with Crippen molar-refractivity contribution in [3.05, 3.63) is 18.2 Å². The van der Waals surface area contributed by atoms with Gasteiger partial charge >= 0.3 is 0 Å². The van der Waals surface area contributed by atoms with Crippen LogP contribution in [-0.2, 0) is 4.79 Å². The van der Waals surface area contributed by atoms with Crippen molar-refractivity contribution in [2.45, 2.75) is 38.1 Å². The van der Waals surface area contributed by atoms with E-state index in [9.17, 15) is 4.79 Å². The van der Waals surface area contributed by atoms with Crippen molar-refractivity contribution in [3.63, 3.8) is 0 Å². The normalized spacial score (nSPS) is 20.0. The van der Waals surface area contributed by atoms with Gasteiger partial charge in [-0.2, -0.15) is 4.98 Å². The largest absolute Gasteiger partial charge is 0.481 e. The topological polar surface area (TPSA) is 54.5 Å². The summed E-state index contributed by atoms with van der Waals surface area (Å²) >= 11 is 0. The van der Waals surface area contributed by atoms with Gasteiger partial charge in [0.1, 0.15) is 5.82 Å². The molecule has 2 aliphatic rings. The average Bonchev–Trinajstić information content (AvgIpc) is 2.51. The molecule has 5 nitrogen and oxygen atoms in total. The predicted octanol–water partition coefficient (Wildman–Crippen LogP) is 1.98. The minimum atomic E-state index is 0.160. The quantitative estimate of drug-likeness (QED) is 0.921. The summed E-state index contributed by atoms with van der Waals surface area (Å²) in [6, 6.07) is 6.24. The van der Waals surface area contributed by atoms with Crippen LogP contribution in [0.1, 0.15) is 32.1 Å². The Morgan fingerprint density at radius 3 is 2.67 bits per heavy atom. The standard InChI is InChI=1S/C16H23N3O2/c1-21-15-7-3-6-14(18-15)19-10-8-12(9-11-19)16(20)17-13-4-2-5-13/h3,6-7,12-13H,2,4-5,8-11H2,1H3,(H,17,20). The van der Waals surface area contributed by atoms with Crippen molar-refractivity contribution in [2.75, 3.05) is 25.1 Å². The molecule has 1 aromatic heterocycles. The first-order valence-electron chi connectivity index (χ1n) is 7.82. The highest BCUT2D eigenvalue weighted by molar-refractivity contribution is 5.79. The third kappa shape index (κ3) is 3.28. The number of pyridine rings is 1. The van der Waals surface area contributed by atoms with Crippen LogP contribution in [0.3, 0.4) is 0 Å². The number of nitrogens with one attached hydrogen (secondary N) is 1. The molecule has 0 radical (unpaired) electrons. The number of carbonyl (C=O) groups excluding carboxylic acids is 1. The lowest BCUT2D eigenvalue weighted by Crippen LogP contribution is -2.46. The lowest BCUT2D eigenvalue weighted by molar-refractivity contribution is -0.126. The minimum Gasteiger partial charge on any atom is -0.481 e. The van der Waals surface area contributed by atoms with Gasteiger partial charge in [-0.05, 0) is 38.2 Å². The van der Waals surface area contributed by atoms with Crippen molar-refractivity contribution >= 4 is 11.7 Å². The molecule has 1 saturated carbocycles. The highest BCUT2D eigenvalue weighted by Crippen LogP contribution is 2.25. The molecule has 114 valence electrons. The number of hydrogen-bond donors (Lipinski definition) is 1. The van der Waals surface area contributed by atoms with E-state index in [4.69, 9.17) is 4.74 Å². The van der Waals surface area contributed by atoms with Gasteiger partial charge in [0.05, 0.1) is 7.11 Å². The SMILES string of the molecule is COc1cccc(N2CCC(C(=O)NC3CCC3)CC2)n1. The molecule has 1 saturated heterocycles. The molecule has 0 bridgehead atoms. The lowest BCUT2D eigenvalue weighted by atomic mass is 9.90. The van der Waals surface area contributed by atoms with E-state index in [0.717, 1.165) is 44.6 Å². The number of anilines is 1. The summed E-state index contributed by atoms with van der Waals surface area (Å²) in [6.45, 7) is 1.76. The Bertz CT molecular complexity index is 494. The molecule has 1 aliphatic carbocycles. The van der Waals surface area contributed by atoms with E-state index < -0.39 is 0 Å². The molecule has 0 atom stereocenters. The first-order valence-corrected chi connectivity index (χ1v) is 7.82. The summed E-state index contributed by atoms with van der Waals surface area (Å²) in [5.74, 6) is 1.98. The van der Waals surface area contributed by atoms with Gasteiger partial charge < -0.3 is 15.0 Å². The molecule has 2 heterocycles. The molecule has 1 aromatic rings. The number of rotatable bonds is 4. The first-order chi connectivity index (χ1) is 10.3. The van der Waals surface area contributed by atoms with Crippen LogP contribution in [0.2, 0.25) is 0 Å². The maximum Gasteiger partial charge on any atom is 0.223 e. The Balaban J connectivity index is 1.53. The van der Waals surface area contributed by atoms with Gasteiger partial charge in [-0.15, -0.1) is 0 Å². The monoisotopic (exact) mass is 289 g/mol. The van der Waals surface area contributed by atoms with Gasteiger partial charge in [-0.3, -0.25) is 4.79 Å². The molecular formula is C16H23N3O2. The highest BCUT2D eigenvalue weighted by Gasteiger charge is 2.28. The van der Waals surface area contributed by atoms with Crippen LogP contribution in [-0.4, -0.2) is 37.1 Å². The Kier molecular flexibility index (Phi) is 4.27. The minimum absolute atomic E-state index is 0.160. The zero-order valence-corrected chi connectivity index (χ0v) is 12.5. The Morgan fingerprint density at radius 2 is 2.05 bits per heavy atom. The smallest absolute Gasteiger partial charge is 0.223 e. The second kappa shape index (κ2) is 6.33. The zero-order valence-electron chi connectivity index (χ0n) is 12.5. The van der Waals surface area contributed by atoms with Gasteiger partial charge in [-0.25, -0.2) is 0 Å². The van der Waals surface area contributed by atoms with E-state index in [1.165, 1.54) is 6.42 Å². The Labute approximate surface area is 125 Å². The van der Waals surface area contributed by atoms with Crippen LogP contribution in [0.5, 0.6) is 5.88 Å². The number of ether oxygens (including phenoxy) is 1. The summed E-state index contributed by atoms with van der Waals surface area (Å²) in [5, 5.41) is 3.17. The van der Waals surface area contributed by atoms with Crippen LogP contribution in [0.4, 0.5) is 5.82 Å². The molecule has 5 heteroatoms. The molecule has 21 heavy (non-hydrogen) atoms. The van der Waals surface area contributed by atoms with Crippen molar-refractivity contribution < 1.29 is 9.53 Å². The molecule has 2 fully saturated rings. The van der Waals surface area contributed by atoms with Crippen LogP contribution >= 0.6 is 0 Å². The number of piperidine rings is 1. The fourth-order valence-electron chi connectivity index (χ4n) is 2.94. The van der Waals surface area contributed by atoms with Crippen molar-refractivity contribution in [3.8, 4) is 5.88 Å². The molecule has 1 aliphatic heterocycles. The Hall–Kier alpha value is -1.78. The molecule has 1 amide bonds. The summed E-state index contributed by atoms with van der Waals surface area (Å²) in [4.78, 5) is 18.9. The van der Waals surface area contributed by atoms with Gasteiger partial charge in [0, 0.05) is 31.1 Å². The van der Waals surface area contributed by atoms with Gasteiger partial charge in [-0.1, -0.05) is 6.07 Å². The number of aromatic nitrogens is 1. The van der Waals surface area contributed by atoms with E-state index in [1.807, 2.05) is 18.2 Å². The van der Waals surface area contributed by atoms with E-state index >= 15 is 0 Å². The van der Waals surface area contributed by atoms with Crippen LogP contribution in [0.15, 0.2) is 18.2 Å². The number of amides is 1. The van der Waals surface area contributed by atoms with E-state index in [0.29, 0.717) is 11.9 Å². The molecule has 3 rings (SSSR count). The first kappa shape index (κ1) is 14.2. The summed E-state index contributed by atoms with van der Waals surface area (Å²) < 4.78 is 5.17. The van der Waals surface area contributed by atoms with E-state index in [2.05, 4.69) is 15.2 Å². The third-order valence-corrected chi connectivity index (χ3v) is 4.56. The molecule has 0 spiro atoms. The van der Waals surface area contributed by atoms with Gasteiger partial charge in [0.25, 0.3) is 0 Å². The molecule has 0 aromatic carbocycles. The summed E-state index contributed by atoms with van der Waals surface area (Å²) in [5.41, 5.74) is 0. The van der Waals surface area contributed by atoms with Crippen molar-refractivity contribution in [2.24, 2.45) is 5.92 Å². The second-order valence-electron chi connectivity index (χ2n) is 5.94.